The molecule has 0 atom stereocenters. The van der Waals surface area contributed by atoms with E-state index in [1.54, 1.807) is 0 Å². The first-order chi connectivity index (χ1) is 9.75. The Kier molecular flexibility index (Phi) is 2.77. The standard InChI is InChI=1S/C18H21NO/c19-6-5-13-1-3-17(4-2-13)20-18-10-14-7-15(11-18)9-16(8-14)12-18/h1-4,14-16H,5,7-12H2. The smallest absolute Gasteiger partial charge is 0.120 e. The minimum Gasteiger partial charge on any atom is -0.487 e. The lowest BCUT2D eigenvalue weighted by Crippen LogP contribution is -2.53. The number of benzene rings is 1. The zero-order valence-corrected chi connectivity index (χ0v) is 11.8. The van der Waals surface area contributed by atoms with E-state index in [4.69, 9.17) is 10.00 Å². The van der Waals surface area contributed by atoms with Gasteiger partial charge >= 0.3 is 0 Å². The summed E-state index contributed by atoms with van der Waals surface area (Å²) in [7, 11) is 0. The molecule has 104 valence electrons. The highest BCUT2D eigenvalue weighted by atomic mass is 16.5. The number of hydrogen-bond donors (Lipinski definition) is 0. The largest absolute Gasteiger partial charge is 0.487 e. The molecule has 0 heterocycles. The fourth-order valence-electron chi connectivity index (χ4n) is 5.17. The van der Waals surface area contributed by atoms with Crippen LogP contribution < -0.4 is 4.74 Å². The van der Waals surface area contributed by atoms with Crippen LogP contribution in [0, 0.1) is 29.1 Å². The highest BCUT2D eigenvalue weighted by Gasteiger charge is 2.52. The van der Waals surface area contributed by atoms with Crippen molar-refractivity contribution in [2.24, 2.45) is 17.8 Å². The van der Waals surface area contributed by atoms with E-state index in [-0.39, 0.29) is 5.60 Å². The molecule has 1 aromatic rings. The van der Waals surface area contributed by atoms with Gasteiger partial charge < -0.3 is 4.74 Å². The lowest BCUT2D eigenvalue weighted by molar-refractivity contribution is -0.107. The summed E-state index contributed by atoms with van der Waals surface area (Å²) in [5, 5.41) is 8.72. The van der Waals surface area contributed by atoms with Crippen molar-refractivity contribution in [2.75, 3.05) is 0 Å². The van der Waals surface area contributed by atoms with Crippen LogP contribution in [-0.4, -0.2) is 5.60 Å². The molecule has 2 heteroatoms. The number of nitriles is 1. The summed E-state index contributed by atoms with van der Waals surface area (Å²) in [4.78, 5) is 0. The summed E-state index contributed by atoms with van der Waals surface area (Å²) in [6.45, 7) is 0. The van der Waals surface area contributed by atoms with Crippen LogP contribution in [0.25, 0.3) is 0 Å². The Morgan fingerprint density at radius 2 is 1.55 bits per heavy atom. The highest BCUT2D eigenvalue weighted by molar-refractivity contribution is 5.29. The van der Waals surface area contributed by atoms with Gasteiger partial charge in [0.15, 0.2) is 0 Å². The predicted octanol–water partition coefficient (Wildman–Crippen LogP) is 4.10. The minimum atomic E-state index is 0.130. The van der Waals surface area contributed by atoms with Crippen molar-refractivity contribution >= 4 is 0 Å². The Morgan fingerprint density at radius 1 is 1.00 bits per heavy atom. The maximum atomic E-state index is 8.72. The first-order valence-electron chi connectivity index (χ1n) is 7.90. The molecule has 4 aliphatic carbocycles. The van der Waals surface area contributed by atoms with Crippen molar-refractivity contribution < 1.29 is 4.74 Å². The number of hydrogen-bond acceptors (Lipinski definition) is 2. The molecule has 0 spiro atoms. The molecule has 4 aliphatic rings. The van der Waals surface area contributed by atoms with Crippen LogP contribution in [0.4, 0.5) is 0 Å². The first-order valence-corrected chi connectivity index (χ1v) is 7.90. The number of nitrogens with zero attached hydrogens (tertiary/aromatic N) is 1. The lowest BCUT2D eigenvalue weighted by Gasteiger charge is -2.56. The van der Waals surface area contributed by atoms with Crippen molar-refractivity contribution in [1.29, 1.82) is 5.26 Å². The molecule has 2 nitrogen and oxygen atoms in total. The fourth-order valence-corrected chi connectivity index (χ4v) is 5.17. The zero-order valence-electron chi connectivity index (χ0n) is 11.8. The topological polar surface area (TPSA) is 33.0 Å². The van der Waals surface area contributed by atoms with Crippen LogP contribution in [0.1, 0.15) is 44.1 Å². The second-order valence-electron chi connectivity index (χ2n) is 7.18. The monoisotopic (exact) mass is 267 g/mol. The second kappa shape index (κ2) is 4.52. The molecular weight excluding hydrogens is 246 g/mol. The Hall–Kier alpha value is -1.49. The van der Waals surface area contributed by atoms with Crippen LogP contribution >= 0.6 is 0 Å². The van der Waals surface area contributed by atoms with Gasteiger partial charge in [-0.1, -0.05) is 12.1 Å². The van der Waals surface area contributed by atoms with Crippen LogP contribution in [0.15, 0.2) is 24.3 Å². The Balaban J connectivity index is 1.52. The molecule has 4 saturated carbocycles. The molecule has 0 aromatic heterocycles. The lowest BCUT2D eigenvalue weighted by atomic mass is 9.54. The van der Waals surface area contributed by atoms with Crippen molar-refractivity contribution in [3.63, 3.8) is 0 Å². The molecule has 1 aromatic carbocycles. The summed E-state index contributed by atoms with van der Waals surface area (Å²) < 4.78 is 6.46. The third-order valence-electron chi connectivity index (χ3n) is 5.52. The summed E-state index contributed by atoms with van der Waals surface area (Å²) in [5.74, 6) is 3.74. The van der Waals surface area contributed by atoms with Gasteiger partial charge in [-0.3, -0.25) is 0 Å². The van der Waals surface area contributed by atoms with Crippen molar-refractivity contribution in [3.05, 3.63) is 29.8 Å². The first kappa shape index (κ1) is 12.3. The number of rotatable bonds is 3. The van der Waals surface area contributed by atoms with E-state index in [1.165, 1.54) is 38.5 Å². The third kappa shape index (κ3) is 2.10. The maximum absolute atomic E-state index is 8.72. The van der Waals surface area contributed by atoms with Gasteiger partial charge in [0, 0.05) is 0 Å². The Bertz CT molecular complexity index is 504. The summed E-state index contributed by atoms with van der Waals surface area (Å²) >= 11 is 0. The molecule has 5 rings (SSSR count). The third-order valence-corrected chi connectivity index (χ3v) is 5.52. The summed E-state index contributed by atoms with van der Waals surface area (Å²) in [5.41, 5.74) is 1.20. The van der Waals surface area contributed by atoms with E-state index in [2.05, 4.69) is 6.07 Å². The van der Waals surface area contributed by atoms with Crippen molar-refractivity contribution in [1.82, 2.24) is 0 Å². The molecule has 0 saturated heterocycles. The fraction of sp³-hybridized carbons (Fsp3) is 0.611. The quantitative estimate of drug-likeness (QED) is 0.826. The van der Waals surface area contributed by atoms with Gasteiger partial charge in [-0.15, -0.1) is 0 Å². The molecule has 0 unspecified atom stereocenters. The van der Waals surface area contributed by atoms with Gasteiger partial charge in [0.1, 0.15) is 11.4 Å². The SMILES string of the molecule is N#CCc1ccc(OC23CC4CC(CC(C4)C2)C3)cc1. The van der Waals surface area contributed by atoms with E-state index in [0.717, 1.165) is 29.1 Å². The average molecular weight is 267 g/mol. The molecule has 0 amide bonds. The molecule has 0 aliphatic heterocycles. The summed E-state index contributed by atoms with van der Waals surface area (Å²) in [6, 6.07) is 10.3. The maximum Gasteiger partial charge on any atom is 0.120 e. The van der Waals surface area contributed by atoms with Crippen molar-refractivity contribution in [2.45, 2.75) is 50.5 Å². The van der Waals surface area contributed by atoms with Gasteiger partial charge in [0.25, 0.3) is 0 Å². The van der Waals surface area contributed by atoms with E-state index in [9.17, 15) is 0 Å². The van der Waals surface area contributed by atoms with Gasteiger partial charge in [-0.25, -0.2) is 0 Å². The molecule has 0 N–H and O–H groups in total. The Labute approximate surface area is 120 Å². The van der Waals surface area contributed by atoms with Gasteiger partial charge in [-0.05, 0) is 74.0 Å². The average Bonchev–Trinajstić information content (AvgIpc) is 2.39. The number of ether oxygens (including phenoxy) is 1. The van der Waals surface area contributed by atoms with Crippen molar-refractivity contribution in [3.8, 4) is 11.8 Å². The molecule has 4 bridgehead atoms. The molecule has 20 heavy (non-hydrogen) atoms. The molecule has 0 radical (unpaired) electrons. The second-order valence-corrected chi connectivity index (χ2v) is 7.18. The van der Waals surface area contributed by atoms with E-state index < -0.39 is 0 Å². The van der Waals surface area contributed by atoms with E-state index in [0.29, 0.717) is 6.42 Å². The highest BCUT2D eigenvalue weighted by Crippen LogP contribution is 2.56. The van der Waals surface area contributed by atoms with Gasteiger partial charge in [0.2, 0.25) is 0 Å². The van der Waals surface area contributed by atoms with E-state index >= 15 is 0 Å². The normalized spacial score (nSPS) is 37.6. The molecular formula is C18H21NO. The Morgan fingerprint density at radius 3 is 2.05 bits per heavy atom. The zero-order chi connectivity index (χ0) is 13.6. The van der Waals surface area contributed by atoms with Gasteiger partial charge in [-0.2, -0.15) is 5.26 Å². The van der Waals surface area contributed by atoms with Crippen LogP contribution in [0.3, 0.4) is 0 Å². The van der Waals surface area contributed by atoms with Crippen LogP contribution in [0.2, 0.25) is 0 Å². The van der Waals surface area contributed by atoms with Crippen LogP contribution in [0.5, 0.6) is 5.75 Å². The minimum absolute atomic E-state index is 0.130. The van der Waals surface area contributed by atoms with E-state index in [1.807, 2.05) is 24.3 Å². The summed E-state index contributed by atoms with van der Waals surface area (Å²) in [6.07, 6.45) is 8.62. The molecule has 4 fully saturated rings. The van der Waals surface area contributed by atoms with Crippen LogP contribution in [-0.2, 0) is 6.42 Å². The predicted molar refractivity (Wildman–Crippen MR) is 77.3 cm³/mol. The van der Waals surface area contributed by atoms with Gasteiger partial charge in [0.05, 0.1) is 12.5 Å².